The Morgan fingerprint density at radius 2 is 1.85 bits per heavy atom. The Bertz CT molecular complexity index is 1020. The lowest BCUT2D eigenvalue weighted by Gasteiger charge is -2.14. The molecule has 6 heteroatoms. The molecule has 0 fully saturated rings. The molecule has 3 aromatic rings. The molecule has 1 heterocycles. The summed E-state index contributed by atoms with van der Waals surface area (Å²) in [7, 11) is 0. The number of H-pyrrole nitrogens is 1. The molecule has 0 saturated carbocycles. The van der Waals surface area contributed by atoms with Crippen LogP contribution in [0.3, 0.4) is 0 Å². The Hall–Kier alpha value is -2.86. The summed E-state index contributed by atoms with van der Waals surface area (Å²) >= 11 is 1.23. The Morgan fingerprint density at radius 3 is 2.59 bits per heavy atom. The zero-order chi connectivity index (χ0) is 19.4. The van der Waals surface area contributed by atoms with E-state index in [0.717, 1.165) is 22.4 Å². The maximum absolute atomic E-state index is 12.6. The molecule has 3 rings (SSSR count). The number of aromatic amines is 1. The van der Waals surface area contributed by atoms with Crippen LogP contribution in [-0.2, 0) is 4.79 Å². The fraction of sp³-hybridized carbons (Fsp3) is 0.190. The van der Waals surface area contributed by atoms with Gasteiger partial charge in [-0.25, -0.2) is 4.98 Å². The van der Waals surface area contributed by atoms with Crippen molar-refractivity contribution in [3.05, 3.63) is 76.1 Å². The minimum absolute atomic E-state index is 0.138. The lowest BCUT2D eigenvalue weighted by molar-refractivity contribution is -0.115. The van der Waals surface area contributed by atoms with Crippen LogP contribution in [0.2, 0.25) is 0 Å². The second kappa shape index (κ2) is 8.22. The Balaban J connectivity index is 1.76. The van der Waals surface area contributed by atoms with Gasteiger partial charge in [0.05, 0.1) is 10.9 Å². The molecule has 0 aliphatic rings. The van der Waals surface area contributed by atoms with E-state index in [1.807, 2.05) is 62.4 Å². The van der Waals surface area contributed by atoms with Gasteiger partial charge in [-0.05, 0) is 38.0 Å². The van der Waals surface area contributed by atoms with E-state index >= 15 is 0 Å². The highest BCUT2D eigenvalue weighted by atomic mass is 32.2. The number of carbonyl (C=O) groups excluding carboxylic acids is 1. The summed E-state index contributed by atoms with van der Waals surface area (Å²) in [6.07, 6.45) is 0. The van der Waals surface area contributed by atoms with Crippen molar-refractivity contribution in [1.29, 1.82) is 0 Å². The molecule has 0 spiro atoms. The van der Waals surface area contributed by atoms with Crippen molar-refractivity contribution in [1.82, 2.24) is 9.97 Å². The van der Waals surface area contributed by atoms with Gasteiger partial charge in [-0.15, -0.1) is 0 Å². The molecule has 0 aliphatic heterocycles. The number of thioether (sulfide) groups is 1. The number of benzene rings is 2. The number of aryl methyl sites for hydroxylation is 2. The summed E-state index contributed by atoms with van der Waals surface area (Å²) in [6, 6.07) is 16.9. The van der Waals surface area contributed by atoms with E-state index in [4.69, 9.17) is 0 Å². The molecule has 138 valence electrons. The summed E-state index contributed by atoms with van der Waals surface area (Å²) in [5.74, 6) is -0.138. The molecule has 0 unspecified atom stereocenters. The Kier molecular flexibility index (Phi) is 5.76. The number of hydrogen-bond acceptors (Lipinski definition) is 4. The molecular weight excluding hydrogens is 358 g/mol. The van der Waals surface area contributed by atoms with Crippen molar-refractivity contribution in [2.45, 2.75) is 31.2 Å². The molecule has 0 saturated heterocycles. The van der Waals surface area contributed by atoms with Crippen LogP contribution in [0.5, 0.6) is 0 Å². The van der Waals surface area contributed by atoms with Crippen LogP contribution >= 0.6 is 11.8 Å². The second-order valence-corrected chi connectivity index (χ2v) is 7.70. The van der Waals surface area contributed by atoms with Crippen molar-refractivity contribution >= 4 is 23.4 Å². The molecule has 2 N–H and O–H groups in total. The summed E-state index contributed by atoms with van der Waals surface area (Å²) in [6.45, 7) is 5.73. The van der Waals surface area contributed by atoms with Crippen molar-refractivity contribution in [2.24, 2.45) is 0 Å². The van der Waals surface area contributed by atoms with Gasteiger partial charge >= 0.3 is 0 Å². The maximum Gasteiger partial charge on any atom is 0.252 e. The average Bonchev–Trinajstić information content (AvgIpc) is 2.65. The highest BCUT2D eigenvalue weighted by molar-refractivity contribution is 8.00. The highest BCUT2D eigenvalue weighted by Crippen LogP contribution is 2.24. The fourth-order valence-electron chi connectivity index (χ4n) is 2.57. The molecule has 0 aliphatic carbocycles. The maximum atomic E-state index is 12.6. The lowest BCUT2D eigenvalue weighted by Crippen LogP contribution is -2.23. The first-order valence-electron chi connectivity index (χ1n) is 8.64. The summed E-state index contributed by atoms with van der Waals surface area (Å²) < 4.78 is 0. The van der Waals surface area contributed by atoms with E-state index < -0.39 is 5.25 Å². The topological polar surface area (TPSA) is 74.8 Å². The summed E-state index contributed by atoms with van der Waals surface area (Å²) in [5.41, 5.74) is 4.09. The summed E-state index contributed by atoms with van der Waals surface area (Å²) in [5, 5.41) is 2.96. The van der Waals surface area contributed by atoms with Gasteiger partial charge < -0.3 is 10.3 Å². The van der Waals surface area contributed by atoms with E-state index in [2.05, 4.69) is 15.3 Å². The zero-order valence-corrected chi connectivity index (χ0v) is 16.3. The van der Waals surface area contributed by atoms with Crippen LogP contribution in [-0.4, -0.2) is 21.1 Å². The van der Waals surface area contributed by atoms with E-state index in [1.54, 1.807) is 6.92 Å². The SMILES string of the molecule is Cc1ccc(C)c(NC(=O)[C@H](C)Sc2nc(-c3ccccc3)cc(=O)[nH]2)c1. The van der Waals surface area contributed by atoms with Crippen molar-refractivity contribution < 1.29 is 4.79 Å². The number of rotatable bonds is 5. The van der Waals surface area contributed by atoms with Crippen LogP contribution in [0.15, 0.2) is 64.5 Å². The van der Waals surface area contributed by atoms with Gasteiger partial charge in [0.1, 0.15) is 0 Å². The average molecular weight is 379 g/mol. The van der Waals surface area contributed by atoms with Gasteiger partial charge in [0, 0.05) is 17.3 Å². The van der Waals surface area contributed by atoms with Crippen LogP contribution in [0.4, 0.5) is 5.69 Å². The van der Waals surface area contributed by atoms with Crippen LogP contribution in [0, 0.1) is 13.8 Å². The second-order valence-electron chi connectivity index (χ2n) is 6.37. The first kappa shape index (κ1) is 18.9. The number of aromatic nitrogens is 2. The number of amides is 1. The fourth-order valence-corrected chi connectivity index (χ4v) is 3.39. The molecule has 1 atom stereocenters. The van der Waals surface area contributed by atoms with Crippen molar-refractivity contribution in [3.8, 4) is 11.3 Å². The molecule has 2 aromatic carbocycles. The number of carbonyl (C=O) groups is 1. The summed E-state index contributed by atoms with van der Waals surface area (Å²) in [4.78, 5) is 31.8. The van der Waals surface area contributed by atoms with Crippen LogP contribution in [0.25, 0.3) is 11.3 Å². The molecule has 0 bridgehead atoms. The lowest BCUT2D eigenvalue weighted by atomic mass is 10.1. The quantitative estimate of drug-likeness (QED) is 0.515. The van der Waals surface area contributed by atoms with Gasteiger partial charge in [0.2, 0.25) is 5.91 Å². The van der Waals surface area contributed by atoms with Gasteiger partial charge in [0.25, 0.3) is 5.56 Å². The smallest absolute Gasteiger partial charge is 0.252 e. The molecule has 27 heavy (non-hydrogen) atoms. The number of nitrogens with one attached hydrogen (secondary N) is 2. The van der Waals surface area contributed by atoms with Crippen LogP contribution in [0.1, 0.15) is 18.1 Å². The van der Waals surface area contributed by atoms with Gasteiger partial charge in [0.15, 0.2) is 5.16 Å². The van der Waals surface area contributed by atoms with Gasteiger partial charge in [-0.3, -0.25) is 9.59 Å². The number of nitrogens with zero attached hydrogens (tertiary/aromatic N) is 1. The Labute approximate surface area is 162 Å². The minimum atomic E-state index is -0.418. The third-order valence-corrected chi connectivity index (χ3v) is 5.08. The predicted molar refractivity (Wildman–Crippen MR) is 110 cm³/mol. The van der Waals surface area contributed by atoms with E-state index in [1.165, 1.54) is 17.8 Å². The van der Waals surface area contributed by atoms with Crippen LogP contribution < -0.4 is 10.9 Å². The van der Waals surface area contributed by atoms with Gasteiger partial charge in [-0.1, -0.05) is 54.2 Å². The van der Waals surface area contributed by atoms with Gasteiger partial charge in [-0.2, -0.15) is 0 Å². The van der Waals surface area contributed by atoms with E-state index in [-0.39, 0.29) is 11.5 Å². The normalized spacial score (nSPS) is 11.8. The highest BCUT2D eigenvalue weighted by Gasteiger charge is 2.17. The molecule has 1 aromatic heterocycles. The molecular formula is C21H21N3O2S. The Morgan fingerprint density at radius 1 is 1.11 bits per heavy atom. The molecule has 0 radical (unpaired) electrons. The number of anilines is 1. The third-order valence-electron chi connectivity index (χ3n) is 4.10. The molecule has 1 amide bonds. The number of hydrogen-bond donors (Lipinski definition) is 2. The van der Waals surface area contributed by atoms with Crippen molar-refractivity contribution in [3.63, 3.8) is 0 Å². The zero-order valence-electron chi connectivity index (χ0n) is 15.4. The van der Waals surface area contributed by atoms with Crippen molar-refractivity contribution in [2.75, 3.05) is 5.32 Å². The first-order chi connectivity index (χ1) is 12.9. The van der Waals surface area contributed by atoms with E-state index in [0.29, 0.717) is 10.9 Å². The minimum Gasteiger partial charge on any atom is -0.325 e. The first-order valence-corrected chi connectivity index (χ1v) is 9.52. The largest absolute Gasteiger partial charge is 0.325 e. The monoisotopic (exact) mass is 379 g/mol. The van der Waals surface area contributed by atoms with E-state index in [9.17, 15) is 9.59 Å². The molecule has 5 nitrogen and oxygen atoms in total. The third kappa shape index (κ3) is 4.86. The standard InChI is InChI=1S/C21H21N3O2S/c1-13-9-10-14(2)17(11-13)22-20(26)15(3)27-21-23-18(12-19(25)24-21)16-7-5-4-6-8-16/h4-12,15H,1-3H3,(H,22,26)(H,23,24,25)/t15-/m0/s1. The predicted octanol–water partition coefficient (Wildman–Crippen LogP) is 4.17.